The van der Waals surface area contributed by atoms with Crippen LogP contribution < -0.4 is 5.32 Å². The number of morpholine rings is 1. The van der Waals surface area contributed by atoms with Gasteiger partial charge in [0.25, 0.3) is 0 Å². The molecule has 114 valence electrons. The molecule has 0 aliphatic carbocycles. The minimum atomic E-state index is 0.123. The van der Waals surface area contributed by atoms with Gasteiger partial charge in [-0.25, -0.2) is 0 Å². The number of rotatable bonds is 3. The Morgan fingerprint density at radius 3 is 2.86 bits per heavy atom. The quantitative estimate of drug-likeness (QED) is 0.917. The van der Waals surface area contributed by atoms with E-state index in [2.05, 4.69) is 36.2 Å². The van der Waals surface area contributed by atoms with Gasteiger partial charge < -0.3 is 10.1 Å². The van der Waals surface area contributed by atoms with Crippen LogP contribution in [0.3, 0.4) is 0 Å². The molecular weight excluding hydrogens is 264 g/mol. The van der Waals surface area contributed by atoms with E-state index in [1.54, 1.807) is 0 Å². The van der Waals surface area contributed by atoms with Crippen molar-refractivity contribution in [2.24, 2.45) is 0 Å². The van der Waals surface area contributed by atoms with Gasteiger partial charge >= 0.3 is 0 Å². The van der Waals surface area contributed by atoms with Crippen molar-refractivity contribution in [2.75, 3.05) is 19.7 Å². The van der Waals surface area contributed by atoms with Crippen molar-refractivity contribution < 1.29 is 9.53 Å². The van der Waals surface area contributed by atoms with Gasteiger partial charge in [0.05, 0.1) is 19.1 Å². The molecule has 1 N–H and O–H groups in total. The second kappa shape index (κ2) is 6.16. The summed E-state index contributed by atoms with van der Waals surface area (Å²) in [4.78, 5) is 14.6. The molecule has 1 aromatic rings. The van der Waals surface area contributed by atoms with Gasteiger partial charge in [-0.05, 0) is 25.8 Å². The van der Waals surface area contributed by atoms with E-state index in [1.165, 1.54) is 5.56 Å². The summed E-state index contributed by atoms with van der Waals surface area (Å²) >= 11 is 0. The van der Waals surface area contributed by atoms with Crippen LogP contribution in [0.1, 0.15) is 24.5 Å². The monoisotopic (exact) mass is 288 g/mol. The summed E-state index contributed by atoms with van der Waals surface area (Å²) < 4.78 is 5.70. The maximum absolute atomic E-state index is 12.2. The normalized spacial score (nSPS) is 29.1. The largest absolute Gasteiger partial charge is 0.376 e. The second-order valence-electron chi connectivity index (χ2n) is 6.41. The molecule has 1 aromatic carbocycles. The number of nitrogens with zero attached hydrogens (tertiary/aromatic N) is 1. The van der Waals surface area contributed by atoms with E-state index in [-0.39, 0.29) is 11.9 Å². The molecule has 1 amide bonds. The zero-order chi connectivity index (χ0) is 14.8. The first-order chi connectivity index (χ1) is 10.1. The summed E-state index contributed by atoms with van der Waals surface area (Å²) in [7, 11) is 0. The number of carbonyl (C=O) groups excluding carboxylic acids is 1. The van der Waals surface area contributed by atoms with Crippen LogP contribution in [0.15, 0.2) is 24.3 Å². The van der Waals surface area contributed by atoms with Gasteiger partial charge in [-0.2, -0.15) is 0 Å². The molecule has 0 saturated carbocycles. The van der Waals surface area contributed by atoms with Gasteiger partial charge in [-0.3, -0.25) is 9.69 Å². The van der Waals surface area contributed by atoms with Gasteiger partial charge in [-0.15, -0.1) is 0 Å². The fourth-order valence-electron chi connectivity index (χ4n) is 3.31. The van der Waals surface area contributed by atoms with Gasteiger partial charge in [0.15, 0.2) is 0 Å². The van der Waals surface area contributed by atoms with E-state index in [0.29, 0.717) is 18.6 Å². The Morgan fingerprint density at radius 2 is 2.10 bits per heavy atom. The van der Waals surface area contributed by atoms with E-state index in [0.717, 1.165) is 31.7 Å². The summed E-state index contributed by atoms with van der Waals surface area (Å²) in [5.74, 6) is 0.123. The summed E-state index contributed by atoms with van der Waals surface area (Å²) in [6.45, 7) is 6.90. The molecule has 2 aliphatic heterocycles. The summed E-state index contributed by atoms with van der Waals surface area (Å²) in [6, 6.07) is 8.91. The zero-order valence-electron chi connectivity index (χ0n) is 12.8. The number of amides is 1. The van der Waals surface area contributed by atoms with Gasteiger partial charge in [0.1, 0.15) is 0 Å². The first-order valence-electron chi connectivity index (χ1n) is 7.80. The summed E-state index contributed by atoms with van der Waals surface area (Å²) in [5, 5.41) is 3.18. The molecular formula is C17H24N2O2. The Bertz CT molecular complexity index is 500. The van der Waals surface area contributed by atoms with Crippen LogP contribution in [-0.4, -0.2) is 48.7 Å². The number of hydrogen-bond acceptors (Lipinski definition) is 3. The van der Waals surface area contributed by atoms with E-state index in [9.17, 15) is 4.79 Å². The van der Waals surface area contributed by atoms with E-state index in [4.69, 9.17) is 4.74 Å². The van der Waals surface area contributed by atoms with Crippen LogP contribution in [0.2, 0.25) is 0 Å². The third-order valence-corrected chi connectivity index (χ3v) is 4.44. The van der Waals surface area contributed by atoms with Gasteiger partial charge in [-0.1, -0.05) is 29.8 Å². The summed E-state index contributed by atoms with van der Waals surface area (Å²) in [5.41, 5.74) is 2.30. The minimum absolute atomic E-state index is 0.123. The van der Waals surface area contributed by atoms with Crippen molar-refractivity contribution in [1.82, 2.24) is 10.2 Å². The number of carbonyl (C=O) groups is 1. The fraction of sp³-hybridized carbons (Fsp3) is 0.588. The number of ether oxygens (including phenoxy) is 1. The van der Waals surface area contributed by atoms with Gasteiger partial charge in [0, 0.05) is 25.2 Å². The van der Waals surface area contributed by atoms with Crippen molar-refractivity contribution in [3.63, 3.8) is 0 Å². The SMILES string of the molecule is Cc1ccc(CC(=O)N[C@@H]2C[C@H]3CO[C@@H](C)CN3C2)cc1. The smallest absolute Gasteiger partial charge is 0.224 e. The average molecular weight is 288 g/mol. The van der Waals surface area contributed by atoms with E-state index < -0.39 is 0 Å². The highest BCUT2D eigenvalue weighted by Gasteiger charge is 2.36. The predicted octanol–water partition coefficient (Wildman–Crippen LogP) is 1.52. The highest BCUT2D eigenvalue weighted by Crippen LogP contribution is 2.23. The Hall–Kier alpha value is -1.39. The van der Waals surface area contributed by atoms with Crippen LogP contribution in [0.25, 0.3) is 0 Å². The molecule has 0 aromatic heterocycles. The van der Waals surface area contributed by atoms with Crippen LogP contribution in [-0.2, 0) is 16.0 Å². The topological polar surface area (TPSA) is 41.6 Å². The maximum Gasteiger partial charge on any atom is 0.224 e. The van der Waals surface area contributed by atoms with Crippen molar-refractivity contribution in [1.29, 1.82) is 0 Å². The molecule has 0 bridgehead atoms. The summed E-state index contributed by atoms with van der Waals surface area (Å²) in [6.07, 6.45) is 1.78. The molecule has 0 spiro atoms. The first kappa shape index (κ1) is 14.5. The van der Waals surface area contributed by atoms with E-state index in [1.807, 2.05) is 12.1 Å². The van der Waals surface area contributed by atoms with Crippen molar-refractivity contribution >= 4 is 5.91 Å². The van der Waals surface area contributed by atoms with Crippen molar-refractivity contribution in [3.05, 3.63) is 35.4 Å². The zero-order valence-corrected chi connectivity index (χ0v) is 12.8. The number of aryl methyl sites for hydroxylation is 1. The number of nitrogens with one attached hydrogen (secondary N) is 1. The third kappa shape index (κ3) is 3.63. The molecule has 2 heterocycles. The molecule has 3 atom stereocenters. The van der Waals surface area contributed by atoms with Crippen LogP contribution in [0.4, 0.5) is 0 Å². The Labute approximate surface area is 126 Å². The van der Waals surface area contributed by atoms with Crippen LogP contribution >= 0.6 is 0 Å². The second-order valence-corrected chi connectivity index (χ2v) is 6.41. The lowest BCUT2D eigenvalue weighted by molar-refractivity contribution is -0.121. The molecule has 4 nitrogen and oxygen atoms in total. The first-order valence-corrected chi connectivity index (χ1v) is 7.80. The Morgan fingerprint density at radius 1 is 1.33 bits per heavy atom. The van der Waals surface area contributed by atoms with Crippen molar-refractivity contribution in [3.8, 4) is 0 Å². The van der Waals surface area contributed by atoms with Crippen LogP contribution in [0.5, 0.6) is 0 Å². The number of fused-ring (bicyclic) bond motifs is 1. The number of hydrogen-bond donors (Lipinski definition) is 1. The van der Waals surface area contributed by atoms with Crippen LogP contribution in [0, 0.1) is 6.92 Å². The van der Waals surface area contributed by atoms with Gasteiger partial charge in [0.2, 0.25) is 5.91 Å². The Balaban J connectivity index is 1.50. The molecule has 2 saturated heterocycles. The Kier molecular flexibility index (Phi) is 4.27. The van der Waals surface area contributed by atoms with Crippen molar-refractivity contribution in [2.45, 2.75) is 44.9 Å². The highest BCUT2D eigenvalue weighted by atomic mass is 16.5. The molecule has 0 unspecified atom stereocenters. The molecule has 2 fully saturated rings. The fourth-order valence-corrected chi connectivity index (χ4v) is 3.31. The lowest BCUT2D eigenvalue weighted by Gasteiger charge is -2.33. The lowest BCUT2D eigenvalue weighted by Crippen LogP contribution is -2.45. The maximum atomic E-state index is 12.2. The third-order valence-electron chi connectivity index (χ3n) is 4.44. The lowest BCUT2D eigenvalue weighted by atomic mass is 10.1. The molecule has 2 aliphatic rings. The standard InChI is InChI=1S/C17H24N2O2/c1-12-3-5-14(6-4-12)7-17(20)18-15-8-16-11-21-13(2)9-19(16)10-15/h3-6,13,15-16H,7-11H2,1-2H3,(H,18,20)/t13-,15+,16-/m0/s1. The predicted molar refractivity (Wildman–Crippen MR) is 82.2 cm³/mol. The molecule has 4 heteroatoms. The van der Waals surface area contributed by atoms with E-state index >= 15 is 0 Å². The minimum Gasteiger partial charge on any atom is -0.376 e. The molecule has 21 heavy (non-hydrogen) atoms. The number of benzene rings is 1. The molecule has 3 rings (SSSR count). The molecule has 0 radical (unpaired) electrons. The average Bonchev–Trinajstić information content (AvgIpc) is 2.82. The highest BCUT2D eigenvalue weighted by molar-refractivity contribution is 5.78.